The van der Waals surface area contributed by atoms with Crippen LogP contribution in [0.4, 0.5) is 0 Å². The lowest BCUT2D eigenvalue weighted by molar-refractivity contribution is 0.304. The van der Waals surface area contributed by atoms with Crippen molar-refractivity contribution in [1.82, 2.24) is 0 Å². The summed E-state index contributed by atoms with van der Waals surface area (Å²) in [5, 5.41) is 8.30. The lowest BCUT2D eigenvalue weighted by atomic mass is 10.2. The molecule has 2 aromatic rings. The fourth-order valence-electron chi connectivity index (χ4n) is 3.29. The minimum atomic E-state index is 0.782. The van der Waals surface area contributed by atoms with Gasteiger partial charge in [0.2, 0.25) is 0 Å². The molecule has 0 bridgehead atoms. The molecule has 32 heavy (non-hydrogen) atoms. The first-order valence-electron chi connectivity index (χ1n) is 12.3. The van der Waals surface area contributed by atoms with E-state index in [0.29, 0.717) is 0 Å². The zero-order valence-electron chi connectivity index (χ0n) is 20.0. The van der Waals surface area contributed by atoms with Gasteiger partial charge in [0.25, 0.3) is 0 Å². The molecule has 0 N–H and O–H groups in total. The molecule has 0 saturated heterocycles. The Balaban J connectivity index is 1.66. The lowest BCUT2D eigenvalue weighted by Gasteiger charge is -2.06. The first kappa shape index (κ1) is 25.6. The molecule has 0 spiro atoms. The van der Waals surface area contributed by atoms with Crippen LogP contribution < -0.4 is 9.47 Å². The average molecular weight is 437 g/mol. The zero-order valence-corrected chi connectivity index (χ0v) is 20.0. The summed E-state index contributed by atoms with van der Waals surface area (Å²) in [6.07, 6.45) is 16.0. The van der Waals surface area contributed by atoms with Crippen molar-refractivity contribution in [3.63, 3.8) is 0 Å². The fraction of sp³-hybridized carbons (Fsp3) is 0.500. The number of nitrogens with zero attached hydrogens (tertiary/aromatic N) is 2. The average Bonchev–Trinajstić information content (AvgIpc) is 2.83. The second-order valence-electron chi connectivity index (χ2n) is 8.15. The molecule has 0 aromatic heterocycles. The molecule has 174 valence electrons. The Kier molecular flexibility index (Phi) is 13.6. The van der Waals surface area contributed by atoms with E-state index >= 15 is 0 Å². The first-order valence-corrected chi connectivity index (χ1v) is 12.3. The van der Waals surface area contributed by atoms with E-state index in [1.54, 1.807) is 12.4 Å². The number of unbranched alkanes of at least 4 members (excludes halogenated alkanes) is 8. The summed E-state index contributed by atoms with van der Waals surface area (Å²) in [5.41, 5.74) is 2.00. The molecule has 0 amide bonds. The fourth-order valence-corrected chi connectivity index (χ4v) is 3.29. The van der Waals surface area contributed by atoms with Gasteiger partial charge in [-0.2, -0.15) is 10.2 Å². The van der Waals surface area contributed by atoms with Crippen LogP contribution >= 0.6 is 0 Å². The lowest BCUT2D eigenvalue weighted by Crippen LogP contribution is -1.97. The van der Waals surface area contributed by atoms with E-state index in [9.17, 15) is 0 Å². The Morgan fingerprint density at radius 3 is 1.28 bits per heavy atom. The predicted molar refractivity (Wildman–Crippen MR) is 137 cm³/mol. The van der Waals surface area contributed by atoms with Gasteiger partial charge in [0.1, 0.15) is 11.5 Å². The van der Waals surface area contributed by atoms with Gasteiger partial charge in [-0.25, -0.2) is 0 Å². The van der Waals surface area contributed by atoms with Crippen LogP contribution in [0.3, 0.4) is 0 Å². The molecule has 2 aromatic carbocycles. The van der Waals surface area contributed by atoms with Gasteiger partial charge in [0, 0.05) is 0 Å². The highest BCUT2D eigenvalue weighted by atomic mass is 16.5. The van der Waals surface area contributed by atoms with Gasteiger partial charge in [-0.3, -0.25) is 0 Å². The van der Waals surface area contributed by atoms with Crippen molar-refractivity contribution < 1.29 is 9.47 Å². The number of hydrogen-bond donors (Lipinski definition) is 0. The van der Waals surface area contributed by atoms with E-state index in [2.05, 4.69) is 24.1 Å². The summed E-state index contributed by atoms with van der Waals surface area (Å²) in [7, 11) is 0. The summed E-state index contributed by atoms with van der Waals surface area (Å²) in [5.74, 6) is 1.81. The zero-order chi connectivity index (χ0) is 22.7. The van der Waals surface area contributed by atoms with Crippen molar-refractivity contribution in [3.05, 3.63) is 59.7 Å². The molecule has 0 heterocycles. The number of ether oxygens (including phenoxy) is 2. The van der Waals surface area contributed by atoms with Crippen molar-refractivity contribution in [2.24, 2.45) is 10.2 Å². The van der Waals surface area contributed by atoms with E-state index < -0.39 is 0 Å². The van der Waals surface area contributed by atoms with Crippen LogP contribution in [0.5, 0.6) is 11.5 Å². The number of rotatable bonds is 17. The molecule has 0 radical (unpaired) electrons. The second kappa shape index (κ2) is 17.0. The topological polar surface area (TPSA) is 43.2 Å². The predicted octanol–water partition coefficient (Wildman–Crippen LogP) is 7.84. The van der Waals surface area contributed by atoms with Crippen LogP contribution in [-0.2, 0) is 0 Å². The molecule has 0 aliphatic rings. The molecule has 0 aliphatic carbocycles. The van der Waals surface area contributed by atoms with Crippen LogP contribution in [0.15, 0.2) is 58.7 Å². The normalized spacial score (nSPS) is 11.4. The van der Waals surface area contributed by atoms with Crippen molar-refractivity contribution >= 4 is 12.4 Å². The second-order valence-corrected chi connectivity index (χ2v) is 8.15. The van der Waals surface area contributed by atoms with Crippen molar-refractivity contribution in [2.75, 3.05) is 13.2 Å². The summed E-state index contributed by atoms with van der Waals surface area (Å²) < 4.78 is 11.6. The molecule has 0 aliphatic heterocycles. The quantitative estimate of drug-likeness (QED) is 0.144. The smallest absolute Gasteiger partial charge is 0.119 e. The minimum absolute atomic E-state index is 0.782. The Labute approximate surface area is 194 Å². The van der Waals surface area contributed by atoms with Crippen LogP contribution in [0.25, 0.3) is 0 Å². The maximum atomic E-state index is 5.80. The van der Waals surface area contributed by atoms with Crippen molar-refractivity contribution in [2.45, 2.75) is 78.1 Å². The summed E-state index contributed by atoms with van der Waals surface area (Å²) in [6, 6.07) is 15.9. The standard InChI is InChI=1S/C28H40N2O2/c1-3-5-7-9-11-21-31-27-17-13-25(14-18-27)23-29-30-24-26-15-19-28(20-16-26)32-22-12-10-8-6-4-2/h13-20,23-24H,3-12,21-22H2,1-2H3/b29-23+,30-24+. The number of hydrogen-bond acceptors (Lipinski definition) is 4. The Morgan fingerprint density at radius 2 is 0.906 bits per heavy atom. The molecular formula is C28H40N2O2. The molecule has 2 rings (SSSR count). The molecule has 0 unspecified atom stereocenters. The Hall–Kier alpha value is -2.62. The van der Waals surface area contributed by atoms with E-state index in [0.717, 1.165) is 48.7 Å². The molecule has 0 fully saturated rings. The van der Waals surface area contributed by atoms with Crippen molar-refractivity contribution in [1.29, 1.82) is 0 Å². The van der Waals surface area contributed by atoms with Gasteiger partial charge in [0.15, 0.2) is 0 Å². The first-order chi connectivity index (χ1) is 15.8. The third kappa shape index (κ3) is 11.7. The maximum Gasteiger partial charge on any atom is 0.119 e. The summed E-state index contributed by atoms with van der Waals surface area (Å²) in [6.45, 7) is 6.03. The molecule has 4 heteroatoms. The third-order valence-corrected chi connectivity index (χ3v) is 5.27. The molecule has 0 saturated carbocycles. The van der Waals surface area contributed by atoms with Crippen LogP contribution in [-0.4, -0.2) is 25.6 Å². The highest BCUT2D eigenvalue weighted by molar-refractivity contribution is 5.82. The molecule has 0 atom stereocenters. The van der Waals surface area contributed by atoms with E-state index in [1.807, 2.05) is 48.5 Å². The highest BCUT2D eigenvalue weighted by Crippen LogP contribution is 2.14. The van der Waals surface area contributed by atoms with Gasteiger partial charge < -0.3 is 9.47 Å². The SMILES string of the molecule is CCCCCCCOc1ccc(/C=N/N=C/c2ccc(OCCCCCCC)cc2)cc1. The molecular weight excluding hydrogens is 396 g/mol. The summed E-state index contributed by atoms with van der Waals surface area (Å²) in [4.78, 5) is 0. The van der Waals surface area contributed by atoms with Gasteiger partial charge in [-0.05, 0) is 72.5 Å². The Morgan fingerprint density at radius 1 is 0.531 bits per heavy atom. The van der Waals surface area contributed by atoms with E-state index in [-0.39, 0.29) is 0 Å². The van der Waals surface area contributed by atoms with E-state index in [1.165, 1.54) is 51.4 Å². The van der Waals surface area contributed by atoms with Crippen LogP contribution in [0.2, 0.25) is 0 Å². The number of benzene rings is 2. The van der Waals surface area contributed by atoms with E-state index in [4.69, 9.17) is 9.47 Å². The highest BCUT2D eigenvalue weighted by Gasteiger charge is 1.96. The van der Waals surface area contributed by atoms with Gasteiger partial charge in [0.05, 0.1) is 25.6 Å². The van der Waals surface area contributed by atoms with Gasteiger partial charge in [-0.15, -0.1) is 0 Å². The van der Waals surface area contributed by atoms with Crippen molar-refractivity contribution in [3.8, 4) is 11.5 Å². The monoisotopic (exact) mass is 436 g/mol. The third-order valence-electron chi connectivity index (χ3n) is 5.27. The van der Waals surface area contributed by atoms with Crippen LogP contribution in [0, 0.1) is 0 Å². The van der Waals surface area contributed by atoms with Gasteiger partial charge in [-0.1, -0.05) is 65.2 Å². The van der Waals surface area contributed by atoms with Gasteiger partial charge >= 0.3 is 0 Å². The minimum Gasteiger partial charge on any atom is -0.494 e. The largest absolute Gasteiger partial charge is 0.494 e. The Bertz CT molecular complexity index is 700. The maximum absolute atomic E-state index is 5.80. The summed E-state index contributed by atoms with van der Waals surface area (Å²) >= 11 is 0. The molecule has 4 nitrogen and oxygen atoms in total. The van der Waals surface area contributed by atoms with Crippen LogP contribution in [0.1, 0.15) is 89.2 Å².